The molecule has 0 saturated carbocycles. The summed E-state index contributed by atoms with van der Waals surface area (Å²) < 4.78 is 36.9. The Bertz CT molecular complexity index is 502. The van der Waals surface area contributed by atoms with E-state index in [1.165, 1.54) is 7.11 Å². The topological polar surface area (TPSA) is 76.7 Å². The smallest absolute Gasteiger partial charge is 0.240 e. The molecular weight excluding hydrogens is 292 g/mol. The molecule has 2 N–H and O–H groups in total. The van der Waals surface area contributed by atoms with E-state index in [1.807, 2.05) is 19.2 Å². The van der Waals surface area contributed by atoms with Crippen molar-refractivity contribution in [3.8, 4) is 0 Å². The zero-order valence-electron chi connectivity index (χ0n) is 12.8. The molecule has 120 valence electrons. The Morgan fingerprint density at radius 2 is 1.86 bits per heavy atom. The molecule has 0 heterocycles. The third-order valence-electron chi connectivity index (χ3n) is 3.08. The van der Waals surface area contributed by atoms with Gasteiger partial charge in [0.15, 0.2) is 0 Å². The Morgan fingerprint density at radius 1 is 1.19 bits per heavy atom. The van der Waals surface area contributed by atoms with E-state index in [-0.39, 0.29) is 17.5 Å². The molecule has 1 unspecified atom stereocenters. The van der Waals surface area contributed by atoms with E-state index >= 15 is 0 Å². The summed E-state index contributed by atoms with van der Waals surface area (Å²) in [4.78, 5) is 0.253. The second-order valence-electron chi connectivity index (χ2n) is 4.66. The van der Waals surface area contributed by atoms with Gasteiger partial charge in [0.2, 0.25) is 10.0 Å². The van der Waals surface area contributed by atoms with E-state index < -0.39 is 10.0 Å². The quantitative estimate of drug-likeness (QED) is 0.653. The van der Waals surface area contributed by atoms with Gasteiger partial charge in [0.25, 0.3) is 0 Å². The van der Waals surface area contributed by atoms with Gasteiger partial charge in [-0.15, -0.1) is 0 Å². The van der Waals surface area contributed by atoms with E-state index in [0.29, 0.717) is 6.61 Å². The van der Waals surface area contributed by atoms with Crippen molar-refractivity contribution in [2.24, 2.45) is 0 Å². The normalized spacial score (nSPS) is 13.3. The van der Waals surface area contributed by atoms with Crippen LogP contribution in [0.1, 0.15) is 5.56 Å². The van der Waals surface area contributed by atoms with Crippen molar-refractivity contribution in [2.45, 2.75) is 17.4 Å². The van der Waals surface area contributed by atoms with Crippen LogP contribution < -0.4 is 10.0 Å². The number of ether oxygens (including phenoxy) is 2. The van der Waals surface area contributed by atoms with Crippen LogP contribution in [0.5, 0.6) is 0 Å². The van der Waals surface area contributed by atoms with Crippen LogP contribution in [0.4, 0.5) is 0 Å². The fourth-order valence-corrected chi connectivity index (χ4v) is 2.85. The van der Waals surface area contributed by atoms with E-state index in [0.717, 1.165) is 18.5 Å². The largest absolute Gasteiger partial charge is 0.382 e. The van der Waals surface area contributed by atoms with Crippen LogP contribution in [0.15, 0.2) is 29.2 Å². The van der Waals surface area contributed by atoms with Crippen LogP contribution in [0.3, 0.4) is 0 Å². The molecule has 1 atom stereocenters. The molecule has 6 nitrogen and oxygen atoms in total. The van der Waals surface area contributed by atoms with Crippen LogP contribution in [-0.4, -0.2) is 55.5 Å². The van der Waals surface area contributed by atoms with Gasteiger partial charge in [-0.3, -0.25) is 0 Å². The number of nitrogens with one attached hydrogen (secondary N) is 2. The number of rotatable bonds is 10. The molecule has 0 amide bonds. The van der Waals surface area contributed by atoms with Gasteiger partial charge in [0, 0.05) is 20.8 Å². The molecule has 1 aromatic carbocycles. The summed E-state index contributed by atoms with van der Waals surface area (Å²) in [6.45, 7) is 1.37. The molecule has 1 rings (SSSR count). The van der Waals surface area contributed by atoms with Crippen LogP contribution in [-0.2, 0) is 25.9 Å². The molecule has 0 aliphatic rings. The Morgan fingerprint density at radius 3 is 2.38 bits per heavy atom. The van der Waals surface area contributed by atoms with Crippen molar-refractivity contribution in [3.05, 3.63) is 29.8 Å². The maximum atomic E-state index is 12.2. The first-order valence-electron chi connectivity index (χ1n) is 6.78. The van der Waals surface area contributed by atoms with Gasteiger partial charge < -0.3 is 14.8 Å². The van der Waals surface area contributed by atoms with E-state index in [9.17, 15) is 8.42 Å². The Kier molecular flexibility index (Phi) is 7.84. The maximum Gasteiger partial charge on any atom is 0.240 e. The minimum absolute atomic E-state index is 0.175. The second-order valence-corrected chi connectivity index (χ2v) is 6.43. The van der Waals surface area contributed by atoms with Crippen molar-refractivity contribution >= 4 is 10.0 Å². The van der Waals surface area contributed by atoms with Crippen molar-refractivity contribution in [3.63, 3.8) is 0 Å². The summed E-state index contributed by atoms with van der Waals surface area (Å²) >= 11 is 0. The van der Waals surface area contributed by atoms with Gasteiger partial charge in [-0.25, -0.2) is 13.1 Å². The Labute approximate surface area is 126 Å². The predicted molar refractivity (Wildman–Crippen MR) is 81.9 cm³/mol. The van der Waals surface area contributed by atoms with Crippen molar-refractivity contribution < 1.29 is 17.9 Å². The number of benzene rings is 1. The molecule has 21 heavy (non-hydrogen) atoms. The first-order chi connectivity index (χ1) is 10.0. The highest BCUT2D eigenvalue weighted by Crippen LogP contribution is 2.11. The van der Waals surface area contributed by atoms with Crippen LogP contribution in [0.25, 0.3) is 0 Å². The summed E-state index contributed by atoms with van der Waals surface area (Å²) in [7, 11) is 1.43. The van der Waals surface area contributed by atoms with Crippen LogP contribution in [0.2, 0.25) is 0 Å². The number of methoxy groups -OCH3 is 2. The number of sulfonamides is 1. The first-order valence-corrected chi connectivity index (χ1v) is 8.26. The SMILES string of the molecule is CNCCc1ccc(S(=O)(=O)NCC(COC)OC)cc1. The molecule has 1 aromatic rings. The lowest BCUT2D eigenvalue weighted by Gasteiger charge is -2.15. The van der Waals surface area contributed by atoms with Crippen molar-refractivity contribution in [2.75, 3.05) is 41.0 Å². The Hall–Kier alpha value is -0.990. The van der Waals surface area contributed by atoms with Gasteiger partial charge in [0.1, 0.15) is 0 Å². The molecule has 7 heteroatoms. The van der Waals surface area contributed by atoms with Crippen molar-refractivity contribution in [1.29, 1.82) is 0 Å². The standard InChI is InChI=1S/C14H24N2O4S/c1-15-9-8-12-4-6-14(7-5-12)21(17,18)16-10-13(20-3)11-19-2/h4-7,13,15-16H,8-11H2,1-3H3. The van der Waals surface area contributed by atoms with Gasteiger partial charge in [-0.05, 0) is 37.7 Å². The minimum atomic E-state index is -3.52. The fraction of sp³-hybridized carbons (Fsp3) is 0.571. The minimum Gasteiger partial charge on any atom is -0.382 e. The second kappa shape index (κ2) is 9.11. The summed E-state index contributed by atoms with van der Waals surface area (Å²) in [5.41, 5.74) is 1.09. The molecule has 0 radical (unpaired) electrons. The zero-order valence-corrected chi connectivity index (χ0v) is 13.6. The lowest BCUT2D eigenvalue weighted by Crippen LogP contribution is -2.35. The van der Waals surface area contributed by atoms with E-state index in [4.69, 9.17) is 9.47 Å². The molecule has 0 aliphatic heterocycles. The molecule has 0 fully saturated rings. The third kappa shape index (κ3) is 6.11. The lowest BCUT2D eigenvalue weighted by molar-refractivity contribution is 0.0320. The van der Waals surface area contributed by atoms with Gasteiger partial charge in [0.05, 0.1) is 17.6 Å². The molecule has 0 spiro atoms. The van der Waals surface area contributed by atoms with E-state index in [2.05, 4.69) is 10.0 Å². The van der Waals surface area contributed by atoms with E-state index in [1.54, 1.807) is 19.2 Å². The summed E-state index contributed by atoms with van der Waals surface area (Å²) in [6.07, 6.45) is 0.559. The van der Waals surface area contributed by atoms with Crippen LogP contribution >= 0.6 is 0 Å². The summed E-state index contributed by atoms with van der Waals surface area (Å²) in [6, 6.07) is 6.89. The first kappa shape index (κ1) is 18.1. The zero-order chi connectivity index (χ0) is 15.7. The molecule has 0 saturated heterocycles. The molecule has 0 bridgehead atoms. The number of hydrogen-bond acceptors (Lipinski definition) is 5. The molecule has 0 aromatic heterocycles. The third-order valence-corrected chi connectivity index (χ3v) is 4.52. The van der Waals surface area contributed by atoms with Gasteiger partial charge in [-0.2, -0.15) is 0 Å². The van der Waals surface area contributed by atoms with Crippen molar-refractivity contribution in [1.82, 2.24) is 10.0 Å². The maximum absolute atomic E-state index is 12.2. The molecular formula is C14H24N2O4S. The average Bonchev–Trinajstić information content (AvgIpc) is 2.49. The lowest BCUT2D eigenvalue weighted by atomic mass is 10.1. The summed E-state index contributed by atoms with van der Waals surface area (Å²) in [5.74, 6) is 0. The number of hydrogen-bond donors (Lipinski definition) is 2. The van der Waals surface area contributed by atoms with Crippen LogP contribution in [0, 0.1) is 0 Å². The average molecular weight is 316 g/mol. The predicted octanol–water partition coefficient (Wildman–Crippen LogP) is 0.388. The highest BCUT2D eigenvalue weighted by atomic mass is 32.2. The molecule has 0 aliphatic carbocycles. The summed E-state index contributed by atoms with van der Waals surface area (Å²) in [5, 5.41) is 3.06. The Balaban J connectivity index is 2.65. The monoisotopic (exact) mass is 316 g/mol. The fourth-order valence-electron chi connectivity index (χ4n) is 1.79. The highest BCUT2D eigenvalue weighted by molar-refractivity contribution is 7.89. The van der Waals surface area contributed by atoms with Gasteiger partial charge >= 0.3 is 0 Å². The highest BCUT2D eigenvalue weighted by Gasteiger charge is 2.16. The van der Waals surface area contributed by atoms with Gasteiger partial charge in [-0.1, -0.05) is 12.1 Å². The number of likely N-dealkylation sites (N-methyl/N-ethyl adjacent to an activating group) is 1.